The quantitative estimate of drug-likeness (QED) is 0.839. The smallest absolute Gasteiger partial charge is 0.224 e. The zero-order valence-corrected chi connectivity index (χ0v) is 11.8. The zero-order chi connectivity index (χ0) is 14.5. The van der Waals surface area contributed by atoms with Gasteiger partial charge in [-0.25, -0.2) is 0 Å². The monoisotopic (exact) mass is 269 g/mol. The number of hydrogen-bond acceptors (Lipinski definition) is 3. The molecule has 0 aliphatic carbocycles. The molecule has 1 aromatic carbocycles. The van der Waals surface area contributed by atoms with E-state index in [1.54, 1.807) is 0 Å². The van der Waals surface area contributed by atoms with E-state index in [1.807, 2.05) is 50.2 Å². The Bertz CT molecular complexity index is 623. The number of pyridine rings is 1. The van der Waals surface area contributed by atoms with Gasteiger partial charge in [0.05, 0.1) is 11.4 Å². The minimum absolute atomic E-state index is 0.0259. The number of nitrogens with two attached hydrogens (primary N) is 1. The van der Waals surface area contributed by atoms with Crippen molar-refractivity contribution in [2.45, 2.75) is 26.7 Å². The van der Waals surface area contributed by atoms with Crippen LogP contribution in [0, 0.1) is 13.8 Å². The molecule has 0 aliphatic rings. The van der Waals surface area contributed by atoms with Crippen molar-refractivity contribution in [1.82, 2.24) is 4.98 Å². The minimum Gasteiger partial charge on any atom is -0.399 e. The molecule has 0 fully saturated rings. The highest BCUT2D eigenvalue weighted by Gasteiger charge is 2.07. The van der Waals surface area contributed by atoms with Gasteiger partial charge in [0, 0.05) is 17.8 Å². The summed E-state index contributed by atoms with van der Waals surface area (Å²) in [5, 5.41) is 2.88. The second-order valence-corrected chi connectivity index (χ2v) is 4.83. The van der Waals surface area contributed by atoms with Gasteiger partial charge < -0.3 is 11.1 Å². The second kappa shape index (κ2) is 6.19. The molecule has 0 atom stereocenters. The molecule has 20 heavy (non-hydrogen) atoms. The van der Waals surface area contributed by atoms with Crippen LogP contribution in [0.4, 0.5) is 11.4 Å². The minimum atomic E-state index is -0.0259. The van der Waals surface area contributed by atoms with Crippen LogP contribution in [-0.4, -0.2) is 10.9 Å². The van der Waals surface area contributed by atoms with E-state index in [2.05, 4.69) is 10.3 Å². The highest BCUT2D eigenvalue weighted by molar-refractivity contribution is 5.91. The topological polar surface area (TPSA) is 68.0 Å². The van der Waals surface area contributed by atoms with Gasteiger partial charge in [-0.05, 0) is 44.0 Å². The molecule has 104 valence electrons. The molecular weight excluding hydrogens is 250 g/mol. The first-order valence-electron chi connectivity index (χ1n) is 6.64. The third kappa shape index (κ3) is 3.57. The Hall–Kier alpha value is -2.36. The fourth-order valence-electron chi connectivity index (χ4n) is 2.04. The number of nitrogens with one attached hydrogen (secondary N) is 1. The first kappa shape index (κ1) is 14.1. The van der Waals surface area contributed by atoms with Crippen LogP contribution in [0.15, 0.2) is 36.4 Å². The fraction of sp³-hybridized carbons (Fsp3) is 0.250. The highest BCUT2D eigenvalue weighted by atomic mass is 16.1. The molecule has 0 saturated heterocycles. The summed E-state index contributed by atoms with van der Waals surface area (Å²) in [4.78, 5) is 16.3. The van der Waals surface area contributed by atoms with Gasteiger partial charge in [0.1, 0.15) is 0 Å². The maximum Gasteiger partial charge on any atom is 0.224 e. The number of amides is 1. The molecule has 0 aliphatic heterocycles. The molecule has 2 aromatic rings. The highest BCUT2D eigenvalue weighted by Crippen LogP contribution is 2.15. The van der Waals surface area contributed by atoms with Gasteiger partial charge in [0.2, 0.25) is 5.91 Å². The van der Waals surface area contributed by atoms with Crippen LogP contribution in [0.5, 0.6) is 0 Å². The summed E-state index contributed by atoms with van der Waals surface area (Å²) < 4.78 is 0. The van der Waals surface area contributed by atoms with Crippen molar-refractivity contribution < 1.29 is 4.79 Å². The molecule has 0 radical (unpaired) electrons. The van der Waals surface area contributed by atoms with Crippen molar-refractivity contribution in [2.75, 3.05) is 11.1 Å². The number of carbonyl (C=O) groups is 1. The number of nitrogen functional groups attached to an aromatic ring is 1. The second-order valence-electron chi connectivity index (χ2n) is 4.83. The summed E-state index contributed by atoms with van der Waals surface area (Å²) in [6, 6.07) is 11.4. The number of carbonyl (C=O) groups excluding carboxylic acids is 1. The van der Waals surface area contributed by atoms with Crippen molar-refractivity contribution >= 4 is 17.3 Å². The first-order valence-corrected chi connectivity index (χ1v) is 6.64. The summed E-state index contributed by atoms with van der Waals surface area (Å²) in [6.07, 6.45) is 1.04. The van der Waals surface area contributed by atoms with Crippen molar-refractivity contribution in [3.63, 3.8) is 0 Å². The average Bonchev–Trinajstić information content (AvgIpc) is 2.41. The predicted molar refractivity (Wildman–Crippen MR) is 81.5 cm³/mol. The number of rotatable bonds is 4. The van der Waals surface area contributed by atoms with E-state index < -0.39 is 0 Å². The third-order valence-electron chi connectivity index (χ3n) is 3.18. The lowest BCUT2D eigenvalue weighted by Crippen LogP contribution is -2.14. The summed E-state index contributed by atoms with van der Waals surface area (Å²) in [6.45, 7) is 3.81. The number of benzene rings is 1. The van der Waals surface area contributed by atoms with E-state index >= 15 is 0 Å². The number of hydrogen-bond donors (Lipinski definition) is 2. The van der Waals surface area contributed by atoms with Gasteiger partial charge in [0.25, 0.3) is 0 Å². The van der Waals surface area contributed by atoms with Gasteiger partial charge in [-0.15, -0.1) is 0 Å². The van der Waals surface area contributed by atoms with E-state index in [4.69, 9.17) is 5.73 Å². The molecule has 4 nitrogen and oxygen atoms in total. The van der Waals surface area contributed by atoms with Crippen molar-refractivity contribution in [3.05, 3.63) is 53.3 Å². The average molecular weight is 269 g/mol. The predicted octanol–water partition coefficient (Wildman–Crippen LogP) is 2.85. The molecule has 3 N–H and O–H groups in total. The molecule has 0 saturated carbocycles. The molecule has 2 rings (SSSR count). The van der Waals surface area contributed by atoms with Gasteiger partial charge in [0.15, 0.2) is 0 Å². The maximum absolute atomic E-state index is 12.0. The van der Waals surface area contributed by atoms with Crippen LogP contribution in [0.25, 0.3) is 0 Å². The summed E-state index contributed by atoms with van der Waals surface area (Å²) >= 11 is 0. The van der Waals surface area contributed by atoms with Crippen molar-refractivity contribution in [1.29, 1.82) is 0 Å². The van der Waals surface area contributed by atoms with E-state index in [1.165, 1.54) is 0 Å². The molecule has 0 bridgehead atoms. The Labute approximate surface area is 119 Å². The molecule has 1 aromatic heterocycles. The Morgan fingerprint density at radius 2 is 1.95 bits per heavy atom. The molecule has 1 amide bonds. The molecular formula is C16H19N3O. The van der Waals surface area contributed by atoms with Gasteiger partial charge in [-0.3, -0.25) is 9.78 Å². The third-order valence-corrected chi connectivity index (χ3v) is 3.18. The Morgan fingerprint density at radius 3 is 2.65 bits per heavy atom. The lowest BCUT2D eigenvalue weighted by atomic mass is 10.1. The Morgan fingerprint density at radius 1 is 1.20 bits per heavy atom. The summed E-state index contributed by atoms with van der Waals surface area (Å²) in [5.41, 5.74) is 10.1. The van der Waals surface area contributed by atoms with E-state index in [0.29, 0.717) is 12.8 Å². The summed E-state index contributed by atoms with van der Waals surface area (Å²) in [5.74, 6) is -0.0259. The lowest BCUT2D eigenvalue weighted by Gasteiger charge is -2.09. The normalized spacial score (nSPS) is 10.3. The maximum atomic E-state index is 12.0. The zero-order valence-electron chi connectivity index (χ0n) is 11.8. The fourth-order valence-corrected chi connectivity index (χ4v) is 2.04. The number of aryl methyl sites for hydroxylation is 3. The van der Waals surface area contributed by atoms with E-state index in [0.717, 1.165) is 28.3 Å². The van der Waals surface area contributed by atoms with E-state index in [-0.39, 0.29) is 5.91 Å². The first-order chi connectivity index (χ1) is 9.56. The van der Waals surface area contributed by atoms with Crippen LogP contribution >= 0.6 is 0 Å². The van der Waals surface area contributed by atoms with Crippen LogP contribution < -0.4 is 11.1 Å². The molecule has 4 heteroatoms. The number of para-hydroxylation sites is 1. The SMILES string of the molecule is Cc1ccc(NC(=O)CCc2ccccc2N)c(C)n1. The Kier molecular flexibility index (Phi) is 4.35. The number of nitrogens with zero attached hydrogens (tertiary/aromatic N) is 1. The largest absolute Gasteiger partial charge is 0.399 e. The van der Waals surface area contributed by atoms with Crippen LogP contribution in [0.3, 0.4) is 0 Å². The Balaban J connectivity index is 1.94. The molecule has 1 heterocycles. The number of aromatic nitrogens is 1. The van der Waals surface area contributed by atoms with Crippen molar-refractivity contribution in [2.24, 2.45) is 0 Å². The summed E-state index contributed by atoms with van der Waals surface area (Å²) in [7, 11) is 0. The van der Waals surface area contributed by atoms with Crippen LogP contribution in [0.2, 0.25) is 0 Å². The van der Waals surface area contributed by atoms with Crippen LogP contribution in [-0.2, 0) is 11.2 Å². The number of anilines is 2. The van der Waals surface area contributed by atoms with Gasteiger partial charge >= 0.3 is 0 Å². The molecule has 0 unspecified atom stereocenters. The standard InChI is InChI=1S/C16H19N3O/c1-11-7-9-15(12(2)18-11)19-16(20)10-8-13-5-3-4-6-14(13)17/h3-7,9H,8,10,17H2,1-2H3,(H,19,20). The van der Waals surface area contributed by atoms with Gasteiger partial charge in [-0.1, -0.05) is 18.2 Å². The lowest BCUT2D eigenvalue weighted by molar-refractivity contribution is -0.116. The van der Waals surface area contributed by atoms with E-state index in [9.17, 15) is 4.79 Å². The van der Waals surface area contributed by atoms with Crippen LogP contribution in [0.1, 0.15) is 23.4 Å². The van der Waals surface area contributed by atoms with Gasteiger partial charge in [-0.2, -0.15) is 0 Å². The van der Waals surface area contributed by atoms with Crippen molar-refractivity contribution in [3.8, 4) is 0 Å². The molecule has 0 spiro atoms.